The third-order valence-corrected chi connectivity index (χ3v) is 13.1. The summed E-state index contributed by atoms with van der Waals surface area (Å²) in [4.78, 5) is 69.4. The molecule has 2 bridgehead atoms. The molecule has 1 saturated heterocycles. The van der Waals surface area contributed by atoms with E-state index in [1.807, 2.05) is 0 Å². The number of alkyl carbamates (subject to hydrolysis) is 1. The molecule has 0 aromatic heterocycles. The number of hydrogen-bond donors (Lipinski definition) is 5. The quantitative estimate of drug-likeness (QED) is 0.146. The highest BCUT2D eigenvalue weighted by molar-refractivity contribution is 5.94. The van der Waals surface area contributed by atoms with Gasteiger partial charge < -0.3 is 49.4 Å². The fourth-order valence-electron chi connectivity index (χ4n) is 9.81. The Morgan fingerprint density at radius 3 is 2.07 bits per heavy atom. The second-order valence-corrected chi connectivity index (χ2v) is 18.2. The van der Waals surface area contributed by atoms with Crippen LogP contribution in [-0.2, 0) is 43.6 Å². The molecule has 59 heavy (non-hydrogen) atoms. The molecule has 5 N–H and O–H groups in total. The maximum absolute atomic E-state index is 15.0. The normalized spacial score (nSPS) is 33.9. The Labute approximate surface area is 343 Å². The molecular formula is C44H55NO14. The number of ketones is 1. The predicted molar refractivity (Wildman–Crippen MR) is 208 cm³/mol. The summed E-state index contributed by atoms with van der Waals surface area (Å²) in [6.45, 7) is 13.2. The highest BCUT2D eigenvalue weighted by atomic mass is 16.6. The van der Waals surface area contributed by atoms with Crippen LogP contribution in [0.4, 0.5) is 4.79 Å². The number of nitrogens with one attached hydrogen (secondary N) is 1. The SMILES string of the molecule is CC(=O)O[C@@]12CO[C@@H]1C[C@H](O)[C@@]1(C)C(=O)[C@H](O)C3=C(C)[C@@H](OC(=O)[C@H](O)[C@@](C)(NC(=O)OC(C)(C)C)c4ccccc4)C[C@@](O)(C(OC(=O)c4ccccc4)C12)C3(C)C. The molecule has 4 aliphatic rings. The summed E-state index contributed by atoms with van der Waals surface area (Å²) in [6.07, 6.45) is -11.6. The van der Waals surface area contributed by atoms with Crippen LogP contribution < -0.4 is 5.32 Å². The number of amides is 1. The van der Waals surface area contributed by atoms with Crippen LogP contribution >= 0.6 is 0 Å². The van der Waals surface area contributed by atoms with E-state index in [0.717, 1.165) is 6.92 Å². The molecule has 0 radical (unpaired) electrons. The molecule has 2 saturated carbocycles. The minimum atomic E-state index is -2.36. The topological polar surface area (TPSA) is 224 Å². The van der Waals surface area contributed by atoms with Crippen molar-refractivity contribution in [1.29, 1.82) is 0 Å². The lowest BCUT2D eigenvalue weighted by Gasteiger charge is -2.67. The first-order chi connectivity index (χ1) is 27.3. The second-order valence-electron chi connectivity index (χ2n) is 18.2. The van der Waals surface area contributed by atoms with Crippen LogP contribution in [0.25, 0.3) is 0 Å². The number of ether oxygens (including phenoxy) is 5. The molecule has 2 unspecified atom stereocenters. The summed E-state index contributed by atoms with van der Waals surface area (Å²) in [5, 5.41) is 52.0. The van der Waals surface area contributed by atoms with Crippen LogP contribution in [0, 0.1) is 16.7 Å². The zero-order chi connectivity index (χ0) is 43.7. The van der Waals surface area contributed by atoms with Gasteiger partial charge in [-0.2, -0.15) is 0 Å². The summed E-state index contributed by atoms with van der Waals surface area (Å²) in [5.41, 5.74) is -10.0. The molecule has 3 fully saturated rings. The molecule has 1 amide bonds. The Kier molecular flexibility index (Phi) is 11.2. The third kappa shape index (κ3) is 7.14. The summed E-state index contributed by atoms with van der Waals surface area (Å²) < 4.78 is 29.7. The minimum Gasteiger partial charge on any atom is -0.456 e. The highest BCUT2D eigenvalue weighted by Gasteiger charge is 2.78. The van der Waals surface area contributed by atoms with Gasteiger partial charge >= 0.3 is 24.0 Å². The van der Waals surface area contributed by atoms with Gasteiger partial charge in [0.25, 0.3) is 0 Å². The lowest BCUT2D eigenvalue weighted by molar-refractivity contribution is -0.346. The van der Waals surface area contributed by atoms with Gasteiger partial charge in [0.05, 0.1) is 29.6 Å². The zero-order valence-corrected chi connectivity index (χ0v) is 34.8. The Bertz CT molecular complexity index is 2030. The fourth-order valence-corrected chi connectivity index (χ4v) is 9.81. The lowest BCUT2D eigenvalue weighted by atomic mass is 9.44. The number of rotatable bonds is 8. The third-order valence-electron chi connectivity index (χ3n) is 13.1. The first kappa shape index (κ1) is 43.9. The van der Waals surface area contributed by atoms with Gasteiger partial charge in [0.2, 0.25) is 0 Å². The summed E-state index contributed by atoms with van der Waals surface area (Å²) in [5.74, 6) is -5.39. The van der Waals surface area contributed by atoms with Gasteiger partial charge in [0.15, 0.2) is 17.5 Å². The number of carbonyl (C=O) groups excluding carboxylic acids is 5. The second kappa shape index (κ2) is 15.1. The molecule has 15 heteroatoms. The van der Waals surface area contributed by atoms with Crippen molar-refractivity contribution in [3.63, 3.8) is 0 Å². The smallest absolute Gasteiger partial charge is 0.408 e. The van der Waals surface area contributed by atoms with E-state index in [1.165, 1.54) is 32.9 Å². The van der Waals surface area contributed by atoms with Gasteiger partial charge in [-0.3, -0.25) is 9.59 Å². The van der Waals surface area contributed by atoms with E-state index < -0.39 is 112 Å². The van der Waals surface area contributed by atoms with Gasteiger partial charge in [-0.15, -0.1) is 0 Å². The maximum Gasteiger partial charge on any atom is 0.408 e. The van der Waals surface area contributed by atoms with Gasteiger partial charge in [-0.1, -0.05) is 62.4 Å². The highest BCUT2D eigenvalue weighted by Crippen LogP contribution is 2.64. The molecule has 11 atom stereocenters. The first-order valence-electron chi connectivity index (χ1n) is 19.7. The van der Waals surface area contributed by atoms with Crippen LogP contribution in [0.5, 0.6) is 0 Å². The van der Waals surface area contributed by atoms with Gasteiger partial charge in [-0.05, 0) is 70.4 Å². The largest absolute Gasteiger partial charge is 0.456 e. The standard InChI is InChI=1S/C44H55NO14/c1-23-27(56-37(52)34(50)42(9,26-18-14-11-15-19-26)45-38(53)59-39(3,4)5)21-44(54)35(57-36(51)25-16-12-10-13-17-25)32-41(8,33(49)31(48)30(23)40(44,6)7)28(47)20-29-43(32,22-55-29)58-24(2)46/h10-19,27-29,31-32,34-35,47-48,50,54H,20-22H2,1-9H3,(H,45,53)/t27-,28-,29+,31+,32?,34-,35?,41+,42-,43-,44+/m0/s1. The molecular weight excluding hydrogens is 766 g/mol. The molecule has 2 aromatic carbocycles. The first-order valence-corrected chi connectivity index (χ1v) is 19.7. The average molecular weight is 822 g/mol. The van der Waals surface area contributed by atoms with E-state index in [2.05, 4.69) is 5.32 Å². The van der Waals surface area contributed by atoms with E-state index in [0.29, 0.717) is 5.56 Å². The summed E-state index contributed by atoms with van der Waals surface area (Å²) >= 11 is 0. The van der Waals surface area contributed by atoms with Gasteiger partial charge in [-0.25, -0.2) is 14.4 Å². The number of Topliss-reactive ketones (excluding diaryl/α,β-unsaturated/α-hetero) is 1. The average Bonchev–Trinajstić information content (AvgIpc) is 3.15. The van der Waals surface area contributed by atoms with Crippen LogP contribution in [0.1, 0.15) is 91.1 Å². The van der Waals surface area contributed by atoms with Crippen molar-refractivity contribution in [3.8, 4) is 0 Å². The van der Waals surface area contributed by atoms with E-state index >= 15 is 0 Å². The molecule has 2 aromatic rings. The minimum absolute atomic E-state index is 0.0672. The van der Waals surface area contributed by atoms with Crippen LogP contribution in [0.3, 0.4) is 0 Å². The molecule has 1 heterocycles. The summed E-state index contributed by atoms with van der Waals surface area (Å²) in [7, 11) is 0. The van der Waals surface area contributed by atoms with Crippen molar-refractivity contribution < 1.29 is 68.1 Å². The predicted octanol–water partition coefficient (Wildman–Crippen LogP) is 3.43. The van der Waals surface area contributed by atoms with Gasteiger partial charge in [0, 0.05) is 25.2 Å². The number of fused-ring (bicyclic) bond motifs is 5. The van der Waals surface area contributed by atoms with Crippen molar-refractivity contribution >= 4 is 29.8 Å². The van der Waals surface area contributed by atoms with Crippen LogP contribution in [0.15, 0.2) is 71.8 Å². The number of esters is 3. The maximum atomic E-state index is 15.0. The number of carbonyl (C=O) groups is 5. The fraction of sp³-hybridized carbons (Fsp3) is 0.568. The van der Waals surface area contributed by atoms with Crippen molar-refractivity contribution in [3.05, 3.63) is 82.9 Å². The van der Waals surface area contributed by atoms with Crippen molar-refractivity contribution in [1.82, 2.24) is 5.32 Å². The Morgan fingerprint density at radius 2 is 1.53 bits per heavy atom. The Balaban J connectivity index is 1.50. The number of hydrogen-bond acceptors (Lipinski definition) is 14. The molecule has 0 spiro atoms. The molecule has 15 nitrogen and oxygen atoms in total. The number of aliphatic hydroxyl groups excluding tert-OH is 3. The molecule has 3 aliphatic carbocycles. The van der Waals surface area contributed by atoms with Crippen molar-refractivity contribution in [2.75, 3.05) is 6.61 Å². The molecule has 320 valence electrons. The van der Waals surface area contributed by atoms with E-state index in [9.17, 15) is 44.4 Å². The van der Waals surface area contributed by atoms with E-state index in [-0.39, 0.29) is 29.7 Å². The van der Waals surface area contributed by atoms with Crippen molar-refractivity contribution in [2.45, 2.75) is 134 Å². The Morgan fingerprint density at radius 1 is 0.932 bits per heavy atom. The molecule has 6 rings (SSSR count). The van der Waals surface area contributed by atoms with Crippen LogP contribution in [0.2, 0.25) is 0 Å². The monoisotopic (exact) mass is 821 g/mol. The number of aliphatic hydroxyl groups is 4. The Hall–Kier alpha value is -4.67. The van der Waals surface area contributed by atoms with Crippen molar-refractivity contribution in [2.24, 2.45) is 16.7 Å². The summed E-state index contributed by atoms with van der Waals surface area (Å²) in [6, 6.07) is 16.0. The number of benzene rings is 2. The van der Waals surface area contributed by atoms with Crippen LogP contribution in [-0.4, -0.2) is 110 Å². The van der Waals surface area contributed by atoms with Gasteiger partial charge in [0.1, 0.15) is 41.2 Å². The lowest BCUT2D eigenvalue weighted by Crippen LogP contribution is -2.81. The van der Waals surface area contributed by atoms with E-state index in [1.54, 1.807) is 83.1 Å². The zero-order valence-electron chi connectivity index (χ0n) is 34.8. The molecule has 1 aliphatic heterocycles. The van der Waals surface area contributed by atoms with E-state index in [4.69, 9.17) is 23.7 Å².